The number of hydrogen-bond donors (Lipinski definition) is 2. The molecule has 0 radical (unpaired) electrons. The van der Waals surface area contributed by atoms with Gasteiger partial charge in [-0.25, -0.2) is 0 Å². The maximum Gasteiger partial charge on any atom is 0.112 e. The number of aliphatic hydroxyl groups is 2. The van der Waals surface area contributed by atoms with Gasteiger partial charge in [0.2, 0.25) is 0 Å². The van der Waals surface area contributed by atoms with Gasteiger partial charge in [-0.15, -0.1) is 6.58 Å². The number of ether oxygens (including phenoxy) is 2. The van der Waals surface area contributed by atoms with Crippen LogP contribution in [0.25, 0.3) is 0 Å². The van der Waals surface area contributed by atoms with Gasteiger partial charge in [0.25, 0.3) is 0 Å². The van der Waals surface area contributed by atoms with Gasteiger partial charge in [-0.1, -0.05) is 66.7 Å². The summed E-state index contributed by atoms with van der Waals surface area (Å²) < 4.78 is 11.9. The molecule has 0 aliphatic carbocycles. The van der Waals surface area contributed by atoms with Crippen molar-refractivity contribution in [2.45, 2.75) is 37.9 Å². The van der Waals surface area contributed by atoms with Crippen LogP contribution in [0.2, 0.25) is 0 Å². The predicted molar refractivity (Wildman–Crippen MR) is 97.9 cm³/mol. The van der Waals surface area contributed by atoms with Crippen LogP contribution in [0.3, 0.4) is 0 Å². The monoisotopic (exact) mass is 342 g/mol. The quantitative estimate of drug-likeness (QED) is 0.616. The minimum absolute atomic E-state index is 0.338. The van der Waals surface area contributed by atoms with Gasteiger partial charge in [0.15, 0.2) is 0 Å². The van der Waals surface area contributed by atoms with Crippen LogP contribution in [0.15, 0.2) is 73.3 Å². The van der Waals surface area contributed by atoms with Crippen LogP contribution in [0, 0.1) is 0 Å². The molecule has 0 bridgehead atoms. The summed E-state index contributed by atoms with van der Waals surface area (Å²) in [6.45, 7) is 4.12. The van der Waals surface area contributed by atoms with Crippen LogP contribution < -0.4 is 0 Å². The lowest BCUT2D eigenvalue weighted by Crippen LogP contribution is -2.43. The first-order valence-corrected chi connectivity index (χ1v) is 8.45. The Balaban J connectivity index is 2.03. The second kappa shape index (κ2) is 10.8. The Kier molecular flexibility index (Phi) is 8.35. The third kappa shape index (κ3) is 6.44. The normalized spacial score (nSPS) is 14.6. The highest BCUT2D eigenvalue weighted by atomic mass is 16.5. The Bertz CT molecular complexity index is 600. The lowest BCUT2D eigenvalue weighted by molar-refractivity contribution is -0.140. The molecule has 3 atom stereocenters. The lowest BCUT2D eigenvalue weighted by atomic mass is 10.0. The summed E-state index contributed by atoms with van der Waals surface area (Å²) in [6.07, 6.45) is 0.182. The molecule has 0 aromatic heterocycles. The van der Waals surface area contributed by atoms with Crippen molar-refractivity contribution in [2.75, 3.05) is 6.61 Å². The Morgan fingerprint density at radius 2 is 1.40 bits per heavy atom. The summed E-state index contributed by atoms with van der Waals surface area (Å²) in [5.74, 6) is 0. The Morgan fingerprint density at radius 1 is 0.880 bits per heavy atom. The molecule has 0 aliphatic heterocycles. The van der Waals surface area contributed by atoms with Crippen LogP contribution >= 0.6 is 0 Å². The highest BCUT2D eigenvalue weighted by Crippen LogP contribution is 2.18. The van der Waals surface area contributed by atoms with E-state index in [0.29, 0.717) is 19.6 Å². The zero-order chi connectivity index (χ0) is 17.9. The Hall–Kier alpha value is -1.98. The molecular formula is C21H26O4. The fraction of sp³-hybridized carbons (Fsp3) is 0.333. The van der Waals surface area contributed by atoms with Gasteiger partial charge in [0.1, 0.15) is 12.2 Å². The average Bonchev–Trinajstić information content (AvgIpc) is 2.67. The molecule has 25 heavy (non-hydrogen) atoms. The van der Waals surface area contributed by atoms with Crippen molar-refractivity contribution in [3.63, 3.8) is 0 Å². The van der Waals surface area contributed by atoms with Gasteiger partial charge in [-0.3, -0.25) is 0 Å². The second-order valence-corrected chi connectivity index (χ2v) is 5.87. The van der Waals surface area contributed by atoms with Crippen molar-refractivity contribution in [1.29, 1.82) is 0 Å². The largest absolute Gasteiger partial charge is 0.394 e. The number of rotatable bonds is 11. The van der Waals surface area contributed by atoms with E-state index in [2.05, 4.69) is 6.58 Å². The third-order valence-electron chi connectivity index (χ3n) is 3.92. The fourth-order valence-electron chi connectivity index (χ4n) is 2.58. The van der Waals surface area contributed by atoms with Crippen molar-refractivity contribution < 1.29 is 19.7 Å². The smallest absolute Gasteiger partial charge is 0.112 e. The van der Waals surface area contributed by atoms with Crippen LogP contribution in [-0.4, -0.2) is 35.1 Å². The van der Waals surface area contributed by atoms with E-state index in [9.17, 15) is 10.2 Å². The molecule has 2 rings (SSSR count). The molecule has 0 amide bonds. The van der Waals surface area contributed by atoms with Crippen molar-refractivity contribution in [2.24, 2.45) is 0 Å². The third-order valence-corrected chi connectivity index (χ3v) is 3.92. The van der Waals surface area contributed by atoms with E-state index in [4.69, 9.17) is 9.47 Å². The highest BCUT2D eigenvalue weighted by Gasteiger charge is 2.29. The van der Waals surface area contributed by atoms with Crippen LogP contribution in [0.4, 0.5) is 0 Å². The highest BCUT2D eigenvalue weighted by molar-refractivity contribution is 5.14. The van der Waals surface area contributed by atoms with E-state index in [-0.39, 0.29) is 6.61 Å². The van der Waals surface area contributed by atoms with E-state index in [1.54, 1.807) is 6.08 Å². The summed E-state index contributed by atoms with van der Waals surface area (Å²) in [4.78, 5) is 0. The van der Waals surface area contributed by atoms with Crippen molar-refractivity contribution in [3.05, 3.63) is 84.4 Å². The molecule has 4 nitrogen and oxygen atoms in total. The SMILES string of the molecule is C=CC[C@@H](OCc1ccccc1)[C@H](OCc1ccccc1)[C@H](O)CO. The number of hydrogen-bond acceptors (Lipinski definition) is 4. The molecule has 2 aromatic rings. The van der Waals surface area contributed by atoms with Gasteiger partial charge in [-0.05, 0) is 17.5 Å². The predicted octanol–water partition coefficient (Wildman–Crippen LogP) is 3.09. The molecule has 0 spiro atoms. The molecule has 0 saturated carbocycles. The minimum atomic E-state index is -1.02. The van der Waals surface area contributed by atoms with Crippen LogP contribution in [-0.2, 0) is 22.7 Å². The Morgan fingerprint density at radius 3 is 1.88 bits per heavy atom. The van der Waals surface area contributed by atoms with E-state index < -0.39 is 18.3 Å². The van der Waals surface area contributed by atoms with Crippen molar-refractivity contribution >= 4 is 0 Å². The molecule has 134 valence electrons. The van der Waals surface area contributed by atoms with Crippen LogP contribution in [0.5, 0.6) is 0 Å². The summed E-state index contributed by atoms with van der Waals surface area (Å²) >= 11 is 0. The van der Waals surface area contributed by atoms with E-state index in [0.717, 1.165) is 11.1 Å². The second-order valence-electron chi connectivity index (χ2n) is 5.87. The summed E-state index contributed by atoms with van der Waals surface area (Å²) in [7, 11) is 0. The van der Waals surface area contributed by atoms with Gasteiger partial charge < -0.3 is 19.7 Å². The molecule has 0 fully saturated rings. The summed E-state index contributed by atoms with van der Waals surface area (Å²) in [5.41, 5.74) is 2.04. The summed E-state index contributed by atoms with van der Waals surface area (Å²) in [5, 5.41) is 19.6. The molecule has 0 aliphatic rings. The van der Waals surface area contributed by atoms with Crippen molar-refractivity contribution in [1.82, 2.24) is 0 Å². The standard InChI is InChI=1S/C21H26O4/c1-2-9-20(24-15-17-10-5-3-6-11-17)21(19(23)14-22)25-16-18-12-7-4-8-13-18/h2-8,10-13,19-23H,1,9,14-16H2/t19-,20-,21-/m1/s1. The number of benzene rings is 2. The van der Waals surface area contributed by atoms with E-state index >= 15 is 0 Å². The molecule has 0 unspecified atom stereocenters. The van der Waals surface area contributed by atoms with Gasteiger partial charge >= 0.3 is 0 Å². The number of aliphatic hydroxyl groups excluding tert-OH is 2. The summed E-state index contributed by atoms with van der Waals surface area (Å²) in [6, 6.07) is 19.5. The average molecular weight is 342 g/mol. The first-order valence-electron chi connectivity index (χ1n) is 8.45. The maximum atomic E-state index is 10.2. The molecule has 0 saturated heterocycles. The maximum absolute atomic E-state index is 10.2. The van der Waals surface area contributed by atoms with E-state index in [1.165, 1.54) is 0 Å². The zero-order valence-corrected chi connectivity index (χ0v) is 14.3. The molecule has 4 heteroatoms. The zero-order valence-electron chi connectivity index (χ0n) is 14.3. The van der Waals surface area contributed by atoms with Gasteiger partial charge in [0, 0.05) is 0 Å². The lowest BCUT2D eigenvalue weighted by Gasteiger charge is -2.30. The minimum Gasteiger partial charge on any atom is -0.394 e. The van der Waals surface area contributed by atoms with Gasteiger partial charge in [-0.2, -0.15) is 0 Å². The first-order chi connectivity index (χ1) is 12.2. The Labute approximate surface area is 149 Å². The molecule has 2 N–H and O–H groups in total. The molecule has 0 heterocycles. The van der Waals surface area contributed by atoms with Crippen molar-refractivity contribution in [3.8, 4) is 0 Å². The van der Waals surface area contributed by atoms with Gasteiger partial charge in [0.05, 0.1) is 25.9 Å². The van der Waals surface area contributed by atoms with Crippen LogP contribution in [0.1, 0.15) is 17.5 Å². The molecular weight excluding hydrogens is 316 g/mol. The first kappa shape index (κ1) is 19.3. The topological polar surface area (TPSA) is 58.9 Å². The van der Waals surface area contributed by atoms with E-state index in [1.807, 2.05) is 60.7 Å². The molecule has 2 aromatic carbocycles. The fourth-order valence-corrected chi connectivity index (χ4v) is 2.58.